The van der Waals surface area contributed by atoms with Gasteiger partial charge in [-0.3, -0.25) is 0 Å². The minimum Gasteiger partial charge on any atom is -0.237 e. The van der Waals surface area contributed by atoms with Gasteiger partial charge in [0, 0.05) is 5.56 Å². The highest BCUT2D eigenvalue weighted by Gasteiger charge is 2.45. The maximum Gasteiger partial charge on any atom is 0.262 e. The number of hydrogen-bond acceptors (Lipinski definition) is 4. The van der Waals surface area contributed by atoms with Gasteiger partial charge in [0.05, 0.1) is 35.4 Å². The highest BCUT2D eigenvalue weighted by molar-refractivity contribution is 6.11. The molecule has 3 aromatic carbocycles. The van der Waals surface area contributed by atoms with Crippen molar-refractivity contribution >= 4 is 22.5 Å². The third-order valence-electron chi connectivity index (χ3n) is 6.89. The summed E-state index contributed by atoms with van der Waals surface area (Å²) in [4.78, 5) is 5.12. The van der Waals surface area contributed by atoms with Crippen LogP contribution < -0.4 is 0 Å². The van der Waals surface area contributed by atoms with Crippen LogP contribution in [0.1, 0.15) is 33.4 Å². The van der Waals surface area contributed by atoms with Gasteiger partial charge in [0.25, 0.3) is 5.69 Å². The molecule has 0 atom stereocenters. The number of hydrogen-bond donors (Lipinski definition) is 0. The minimum absolute atomic E-state index is 0.684. The molecule has 1 saturated carbocycles. The lowest BCUT2D eigenvalue weighted by atomic mass is 9.98. The van der Waals surface area contributed by atoms with Gasteiger partial charge in [-0.25, -0.2) is 58.0 Å². The third-order valence-corrected chi connectivity index (χ3v) is 6.89. The molecule has 3 aromatic rings. The standard InChI is InChI=1S/C31H3F11N6/c1-8-13(23(36)20(33)11(6-45)19(8)32)30(47-2)18-14(9(4-43)16-24(37)21(34)12(7-46)22(35)25(16)38)15(18)10(5-44)17-26(39)28(41)31(48-3)29(42)27(17)40/h1H3/b14-9+,15-10-,30-18-. The average molecular weight is 668 g/mol. The molecule has 17 heteroatoms. The average Bonchev–Trinajstić information content (AvgIpc) is 3.78. The maximum absolute atomic E-state index is 15.3. The zero-order valence-electron chi connectivity index (χ0n) is 22.8. The summed E-state index contributed by atoms with van der Waals surface area (Å²) >= 11 is 0. The van der Waals surface area contributed by atoms with E-state index in [4.69, 9.17) is 23.7 Å². The Bertz CT molecular complexity index is 2060. The first-order valence-corrected chi connectivity index (χ1v) is 12.1. The van der Waals surface area contributed by atoms with Crippen molar-refractivity contribution in [2.24, 2.45) is 0 Å². The first-order chi connectivity index (χ1) is 22.6. The lowest BCUT2D eigenvalue weighted by Gasteiger charge is -2.10. The van der Waals surface area contributed by atoms with Crippen LogP contribution >= 0.6 is 0 Å². The van der Waals surface area contributed by atoms with E-state index in [2.05, 4.69) is 9.69 Å². The van der Waals surface area contributed by atoms with E-state index < -0.39 is 137 Å². The van der Waals surface area contributed by atoms with Gasteiger partial charge in [0.2, 0.25) is 5.70 Å². The number of nitrogens with zero attached hydrogens (tertiary/aromatic N) is 6. The Labute approximate surface area is 260 Å². The molecule has 0 amide bonds. The zero-order chi connectivity index (χ0) is 36.1. The number of allylic oxidation sites excluding steroid dienone is 5. The zero-order valence-corrected chi connectivity index (χ0v) is 22.8. The van der Waals surface area contributed by atoms with E-state index in [1.807, 2.05) is 0 Å². The summed E-state index contributed by atoms with van der Waals surface area (Å²) in [6, 6.07) is 3.94. The number of rotatable bonds is 3. The Hall–Kier alpha value is -6.95. The van der Waals surface area contributed by atoms with Crippen molar-refractivity contribution in [2.75, 3.05) is 0 Å². The third kappa shape index (κ3) is 4.58. The monoisotopic (exact) mass is 668 g/mol. The van der Waals surface area contributed by atoms with Crippen molar-refractivity contribution in [3.8, 4) is 24.3 Å². The highest BCUT2D eigenvalue weighted by atomic mass is 19.2. The molecule has 1 aliphatic rings. The Morgan fingerprint density at radius 1 is 0.500 bits per heavy atom. The normalized spacial score (nSPS) is 14.9. The van der Waals surface area contributed by atoms with Crippen LogP contribution in [0, 0.1) is 129 Å². The summed E-state index contributed by atoms with van der Waals surface area (Å²) in [7, 11) is 0. The molecule has 48 heavy (non-hydrogen) atoms. The summed E-state index contributed by atoms with van der Waals surface area (Å²) in [5.41, 5.74) is -19.9. The van der Waals surface area contributed by atoms with Gasteiger partial charge in [0.1, 0.15) is 41.2 Å². The van der Waals surface area contributed by atoms with Crippen LogP contribution in [0.2, 0.25) is 0 Å². The molecule has 0 heterocycles. The highest BCUT2D eigenvalue weighted by Crippen LogP contribution is 2.58. The van der Waals surface area contributed by atoms with Crippen LogP contribution in [0.5, 0.6) is 0 Å². The van der Waals surface area contributed by atoms with Gasteiger partial charge in [-0.2, -0.15) is 21.0 Å². The van der Waals surface area contributed by atoms with Gasteiger partial charge in [-0.15, -0.1) is 0 Å². The molecule has 0 radical (unpaired) electrons. The van der Waals surface area contributed by atoms with E-state index in [0.29, 0.717) is 6.92 Å². The van der Waals surface area contributed by atoms with Crippen LogP contribution in [0.15, 0.2) is 16.7 Å². The fraction of sp³-hybridized carbons (Fsp3) is 0.0323. The molecular formula is C31H3F11N6. The summed E-state index contributed by atoms with van der Waals surface area (Å²) in [5, 5.41) is 37.6. The Morgan fingerprint density at radius 3 is 1.19 bits per heavy atom. The second kappa shape index (κ2) is 12.1. The number of nitriles is 4. The summed E-state index contributed by atoms with van der Waals surface area (Å²) < 4.78 is 164. The van der Waals surface area contributed by atoms with Gasteiger partial charge in [-0.05, 0) is 29.2 Å². The predicted octanol–water partition coefficient (Wildman–Crippen LogP) is 8.42. The van der Waals surface area contributed by atoms with E-state index in [0.717, 1.165) is 24.3 Å². The van der Waals surface area contributed by atoms with Crippen molar-refractivity contribution in [1.82, 2.24) is 0 Å². The molecule has 234 valence electrons. The van der Waals surface area contributed by atoms with Crippen molar-refractivity contribution in [3.05, 3.63) is 137 Å². The first kappa shape index (κ1) is 33.9. The van der Waals surface area contributed by atoms with Crippen LogP contribution in [-0.4, -0.2) is 0 Å². The summed E-state index contributed by atoms with van der Waals surface area (Å²) in [5.74, 6) is -25.4. The Balaban J connectivity index is 2.38. The quantitative estimate of drug-likeness (QED) is 0.121. The fourth-order valence-corrected chi connectivity index (χ4v) is 4.68. The van der Waals surface area contributed by atoms with Crippen molar-refractivity contribution in [3.63, 3.8) is 0 Å². The van der Waals surface area contributed by atoms with Crippen molar-refractivity contribution in [2.45, 2.75) is 6.92 Å². The second-order valence-electron chi connectivity index (χ2n) is 9.20. The smallest absolute Gasteiger partial charge is 0.237 e. The van der Waals surface area contributed by atoms with Gasteiger partial charge in [-0.1, -0.05) is 0 Å². The number of benzene rings is 3. The lowest BCUT2D eigenvalue weighted by Crippen LogP contribution is -2.06. The molecule has 0 unspecified atom stereocenters. The van der Waals surface area contributed by atoms with Gasteiger partial charge < -0.3 is 0 Å². The lowest BCUT2D eigenvalue weighted by molar-refractivity contribution is 0.447. The second-order valence-corrected chi connectivity index (χ2v) is 9.20. The van der Waals surface area contributed by atoms with E-state index in [1.165, 1.54) is 0 Å². The molecule has 1 fully saturated rings. The number of halogens is 11. The summed E-state index contributed by atoms with van der Waals surface area (Å²) in [6.45, 7) is 15.0. The van der Waals surface area contributed by atoms with E-state index in [-0.39, 0.29) is 0 Å². The Kier molecular flexibility index (Phi) is 8.55. The molecule has 0 bridgehead atoms. The SMILES string of the molecule is [C-]#[N+]/C(=C1/C(=C(\C#N)c2c(F)c(F)c(C#N)c(F)c2F)/C1=C(\C#N)c1c(F)c(F)c([N+]#[C-])c(F)c1F)c1c(C)c(F)c(C#N)c(F)c1F. The maximum atomic E-state index is 15.3. The van der Waals surface area contributed by atoms with Crippen LogP contribution in [0.4, 0.5) is 54.0 Å². The summed E-state index contributed by atoms with van der Waals surface area (Å²) in [6.07, 6.45) is 0. The van der Waals surface area contributed by atoms with Gasteiger partial charge >= 0.3 is 0 Å². The van der Waals surface area contributed by atoms with E-state index in [1.54, 1.807) is 0 Å². The van der Waals surface area contributed by atoms with Crippen molar-refractivity contribution < 1.29 is 48.3 Å². The van der Waals surface area contributed by atoms with E-state index >= 15 is 22.0 Å². The predicted molar refractivity (Wildman–Crippen MR) is 138 cm³/mol. The molecule has 0 aromatic heterocycles. The fourth-order valence-electron chi connectivity index (χ4n) is 4.68. The molecule has 1 aliphatic carbocycles. The molecule has 6 nitrogen and oxygen atoms in total. The molecule has 4 rings (SSSR count). The molecule has 0 aliphatic heterocycles. The molecular weight excluding hydrogens is 665 g/mol. The van der Waals surface area contributed by atoms with E-state index in [9.17, 15) is 36.9 Å². The largest absolute Gasteiger partial charge is 0.262 e. The molecule has 0 saturated heterocycles. The van der Waals surface area contributed by atoms with Crippen LogP contribution in [-0.2, 0) is 0 Å². The molecule has 0 spiro atoms. The first-order valence-electron chi connectivity index (χ1n) is 12.1. The Morgan fingerprint density at radius 2 is 0.854 bits per heavy atom. The topological polar surface area (TPSA) is 104 Å². The van der Waals surface area contributed by atoms with Crippen LogP contribution in [0.3, 0.4) is 0 Å². The van der Waals surface area contributed by atoms with Crippen LogP contribution in [0.25, 0.3) is 26.5 Å². The van der Waals surface area contributed by atoms with Crippen molar-refractivity contribution in [1.29, 1.82) is 21.0 Å². The molecule has 0 N–H and O–H groups in total. The van der Waals surface area contributed by atoms with Gasteiger partial charge in [0.15, 0.2) is 58.2 Å². The minimum atomic E-state index is -2.45.